The number of carboxylic acid groups (broad SMARTS) is 1. The number of fused-ring (bicyclic) bond motifs is 2. The third-order valence-corrected chi connectivity index (χ3v) is 10.2. The van der Waals surface area contributed by atoms with Crippen molar-refractivity contribution in [2.24, 2.45) is 5.92 Å². The van der Waals surface area contributed by atoms with Crippen LogP contribution in [0.5, 0.6) is 5.75 Å². The van der Waals surface area contributed by atoms with E-state index < -0.39 is 24.0 Å². The van der Waals surface area contributed by atoms with Crippen LogP contribution in [0.15, 0.2) is 115 Å². The zero-order valence-electron chi connectivity index (χ0n) is 28.1. The molecule has 1 unspecified atom stereocenters. The van der Waals surface area contributed by atoms with Crippen molar-refractivity contribution in [3.63, 3.8) is 0 Å². The Bertz CT molecular complexity index is 1980. The van der Waals surface area contributed by atoms with Crippen LogP contribution in [0, 0.1) is 5.92 Å². The Labute approximate surface area is 292 Å². The summed E-state index contributed by atoms with van der Waals surface area (Å²) in [7, 11) is 0. The van der Waals surface area contributed by atoms with E-state index in [0.29, 0.717) is 31.1 Å². The molecule has 1 aliphatic heterocycles. The predicted molar refractivity (Wildman–Crippen MR) is 194 cm³/mol. The highest BCUT2D eigenvalue weighted by Crippen LogP contribution is 2.32. The normalized spacial score (nSPS) is 16.5. The van der Waals surface area contributed by atoms with E-state index in [1.807, 2.05) is 84.9 Å². The first kappa shape index (κ1) is 33.1. The first-order chi connectivity index (χ1) is 24.4. The van der Waals surface area contributed by atoms with Gasteiger partial charge < -0.3 is 20.1 Å². The van der Waals surface area contributed by atoms with Gasteiger partial charge >= 0.3 is 5.97 Å². The van der Waals surface area contributed by atoms with Gasteiger partial charge in [0.15, 0.2) is 0 Å². The maximum absolute atomic E-state index is 13.9. The van der Waals surface area contributed by atoms with Gasteiger partial charge in [-0.15, -0.1) is 0 Å². The van der Waals surface area contributed by atoms with Gasteiger partial charge in [-0.25, -0.2) is 4.79 Å². The smallest absolute Gasteiger partial charge is 0.326 e. The van der Waals surface area contributed by atoms with Crippen molar-refractivity contribution < 1.29 is 24.2 Å². The van der Waals surface area contributed by atoms with E-state index in [1.54, 1.807) is 4.90 Å². The molecule has 5 aromatic rings. The molecular weight excluding hydrogens is 624 g/mol. The molecule has 0 aromatic heterocycles. The summed E-state index contributed by atoms with van der Waals surface area (Å²) in [4.78, 5) is 41.8. The summed E-state index contributed by atoms with van der Waals surface area (Å²) in [5, 5.41) is 15.3. The fourth-order valence-corrected chi connectivity index (χ4v) is 7.39. The Morgan fingerprint density at radius 1 is 0.760 bits per heavy atom. The summed E-state index contributed by atoms with van der Waals surface area (Å²) in [5.74, 6) is -0.602. The maximum atomic E-state index is 13.9. The van der Waals surface area contributed by atoms with Gasteiger partial charge in [0.05, 0.1) is 0 Å². The lowest BCUT2D eigenvalue weighted by atomic mass is 9.91. The number of carboxylic acids is 1. The fourth-order valence-electron chi connectivity index (χ4n) is 7.39. The number of aliphatic carboxylic acids is 1. The maximum Gasteiger partial charge on any atom is 0.326 e. The molecule has 0 radical (unpaired) electrons. The molecule has 2 atom stereocenters. The van der Waals surface area contributed by atoms with Crippen LogP contribution < -0.4 is 10.1 Å². The molecule has 0 saturated heterocycles. The molecule has 1 fully saturated rings. The van der Waals surface area contributed by atoms with Gasteiger partial charge in [-0.3, -0.25) is 9.59 Å². The van der Waals surface area contributed by atoms with Gasteiger partial charge in [0.25, 0.3) is 0 Å². The van der Waals surface area contributed by atoms with Gasteiger partial charge in [0, 0.05) is 25.8 Å². The Morgan fingerprint density at radius 3 is 2.22 bits per heavy atom. The van der Waals surface area contributed by atoms with Crippen molar-refractivity contribution >= 4 is 28.6 Å². The van der Waals surface area contributed by atoms with Gasteiger partial charge in [-0.05, 0) is 81.1 Å². The monoisotopic (exact) mass is 666 g/mol. The Hall–Kier alpha value is -5.43. The number of carbonyl (C=O) groups excluding carboxylic acids is 2. The average Bonchev–Trinajstić information content (AvgIpc) is 3.66. The zero-order valence-corrected chi connectivity index (χ0v) is 28.1. The van der Waals surface area contributed by atoms with Gasteiger partial charge in [0.2, 0.25) is 11.8 Å². The van der Waals surface area contributed by atoms with Gasteiger partial charge in [-0.2, -0.15) is 0 Å². The van der Waals surface area contributed by atoms with Gasteiger partial charge in [-0.1, -0.05) is 110 Å². The van der Waals surface area contributed by atoms with Crippen LogP contribution in [-0.2, 0) is 40.4 Å². The highest BCUT2D eigenvalue weighted by atomic mass is 16.5. The SMILES string of the molecule is O=C(N[C@@H](Cc1ccc(-c2ccccc2)cc1)C(=O)O)C1Cc2ccc(OCc3ccc4ccccc4c3)cc2CN1C(=O)CC1CCCC1. The molecule has 7 heteroatoms. The summed E-state index contributed by atoms with van der Waals surface area (Å²) < 4.78 is 6.20. The van der Waals surface area contributed by atoms with Crippen molar-refractivity contribution in [3.8, 4) is 16.9 Å². The number of ether oxygens (including phenoxy) is 1. The van der Waals surface area contributed by atoms with E-state index in [2.05, 4.69) is 35.6 Å². The van der Waals surface area contributed by atoms with Crippen molar-refractivity contribution in [1.29, 1.82) is 0 Å². The Kier molecular flexibility index (Phi) is 9.92. The quantitative estimate of drug-likeness (QED) is 0.150. The molecule has 254 valence electrons. The molecule has 0 spiro atoms. The third kappa shape index (κ3) is 7.73. The summed E-state index contributed by atoms with van der Waals surface area (Å²) in [6, 6.07) is 36.1. The second-order valence-corrected chi connectivity index (χ2v) is 13.7. The molecule has 50 heavy (non-hydrogen) atoms. The zero-order chi connectivity index (χ0) is 34.5. The lowest BCUT2D eigenvalue weighted by Crippen LogP contribution is -2.56. The third-order valence-electron chi connectivity index (χ3n) is 10.2. The van der Waals surface area contributed by atoms with Crippen LogP contribution in [0.2, 0.25) is 0 Å². The molecule has 2 amide bonds. The number of carbonyl (C=O) groups is 3. The summed E-state index contributed by atoms with van der Waals surface area (Å²) in [6.45, 7) is 0.676. The van der Waals surface area contributed by atoms with Crippen molar-refractivity contribution in [2.75, 3.05) is 0 Å². The number of benzene rings is 5. The highest BCUT2D eigenvalue weighted by Gasteiger charge is 2.37. The van der Waals surface area contributed by atoms with Crippen LogP contribution in [0.1, 0.15) is 54.4 Å². The number of nitrogens with zero attached hydrogens (tertiary/aromatic N) is 1. The van der Waals surface area contributed by atoms with Crippen LogP contribution >= 0.6 is 0 Å². The Balaban J connectivity index is 1.06. The molecule has 1 heterocycles. The van der Waals surface area contributed by atoms with Crippen LogP contribution in [0.25, 0.3) is 21.9 Å². The number of nitrogens with one attached hydrogen (secondary N) is 1. The number of hydrogen-bond acceptors (Lipinski definition) is 4. The minimum absolute atomic E-state index is 0.0615. The van der Waals surface area contributed by atoms with Gasteiger partial charge in [0.1, 0.15) is 24.4 Å². The first-order valence-corrected chi connectivity index (χ1v) is 17.6. The number of amides is 2. The fraction of sp³-hybridized carbons (Fsp3) is 0.279. The predicted octanol–water partition coefficient (Wildman–Crippen LogP) is 7.73. The highest BCUT2D eigenvalue weighted by molar-refractivity contribution is 5.91. The van der Waals surface area contributed by atoms with E-state index in [9.17, 15) is 19.5 Å². The first-order valence-electron chi connectivity index (χ1n) is 17.6. The lowest BCUT2D eigenvalue weighted by molar-refractivity contribution is -0.145. The second-order valence-electron chi connectivity index (χ2n) is 13.7. The van der Waals surface area contributed by atoms with E-state index in [-0.39, 0.29) is 18.9 Å². The largest absolute Gasteiger partial charge is 0.489 e. The molecule has 1 aliphatic carbocycles. The van der Waals surface area contributed by atoms with Crippen LogP contribution in [0.3, 0.4) is 0 Å². The minimum atomic E-state index is -1.14. The van der Waals surface area contributed by atoms with Crippen LogP contribution in [-0.4, -0.2) is 39.9 Å². The molecular formula is C43H42N2O5. The van der Waals surface area contributed by atoms with E-state index >= 15 is 0 Å². The minimum Gasteiger partial charge on any atom is -0.489 e. The van der Waals surface area contributed by atoms with E-state index in [0.717, 1.165) is 64.5 Å². The molecule has 7 nitrogen and oxygen atoms in total. The summed E-state index contributed by atoms with van der Waals surface area (Å²) in [5.41, 5.74) is 5.87. The van der Waals surface area contributed by atoms with Crippen molar-refractivity contribution in [1.82, 2.24) is 10.2 Å². The molecule has 2 aliphatic rings. The van der Waals surface area contributed by atoms with Crippen molar-refractivity contribution in [3.05, 3.63) is 138 Å². The molecule has 1 saturated carbocycles. The standard InChI is InChI=1S/C43H42N2O5/c46-41(24-29-8-4-5-9-29)45-27-37-25-38(50-28-31-16-19-33-12-6-7-13-35(33)22-31)21-20-36(37)26-40(45)42(47)44-39(43(48)49)23-30-14-17-34(18-15-30)32-10-2-1-3-11-32/h1-3,6-7,10-22,25,29,39-40H,4-5,8-9,23-24,26-28H2,(H,44,47)(H,48,49)/t39-,40?/m0/s1. The molecule has 5 aromatic carbocycles. The summed E-state index contributed by atoms with van der Waals surface area (Å²) >= 11 is 0. The van der Waals surface area contributed by atoms with E-state index in [1.165, 1.54) is 5.39 Å². The molecule has 7 rings (SSSR count). The average molecular weight is 667 g/mol. The topological polar surface area (TPSA) is 95.9 Å². The Morgan fingerprint density at radius 2 is 1.46 bits per heavy atom. The van der Waals surface area contributed by atoms with E-state index in [4.69, 9.17) is 4.74 Å². The lowest BCUT2D eigenvalue weighted by Gasteiger charge is -2.37. The van der Waals surface area contributed by atoms with Crippen molar-refractivity contribution in [2.45, 2.75) is 70.2 Å². The summed E-state index contributed by atoms with van der Waals surface area (Å²) in [6.07, 6.45) is 5.11. The molecule has 0 bridgehead atoms. The number of rotatable bonds is 11. The number of hydrogen-bond donors (Lipinski definition) is 2. The molecule has 2 N–H and O–H groups in total. The second kappa shape index (κ2) is 15.0. The van der Waals surface area contributed by atoms with Crippen LogP contribution in [0.4, 0.5) is 0 Å².